The number of fused-ring (bicyclic) bond motifs is 1. The van der Waals surface area contributed by atoms with Crippen molar-refractivity contribution in [3.05, 3.63) is 52.2 Å². The van der Waals surface area contributed by atoms with Gasteiger partial charge in [-0.2, -0.15) is 0 Å². The maximum Gasteiger partial charge on any atom is 0.341 e. The lowest BCUT2D eigenvalue weighted by atomic mass is 10.1. The van der Waals surface area contributed by atoms with Crippen LogP contribution in [-0.2, 0) is 4.74 Å². The number of carbonyl (C=O) groups is 2. The average Bonchev–Trinajstić information content (AvgIpc) is 3.13. The van der Waals surface area contributed by atoms with Gasteiger partial charge < -0.3 is 10.1 Å². The first-order valence-corrected chi connectivity index (χ1v) is 7.85. The summed E-state index contributed by atoms with van der Waals surface area (Å²) in [5.41, 5.74) is 0.406. The first-order chi connectivity index (χ1) is 10.2. The number of nitrogens with one attached hydrogen (secondary N) is 1. The van der Waals surface area contributed by atoms with E-state index >= 15 is 0 Å². The molecule has 106 valence electrons. The van der Waals surface area contributed by atoms with E-state index in [0.29, 0.717) is 15.4 Å². The summed E-state index contributed by atoms with van der Waals surface area (Å²) in [4.78, 5) is 24.8. The molecule has 0 spiro atoms. The summed E-state index contributed by atoms with van der Waals surface area (Å²) in [5, 5.41) is 5.94. The molecule has 6 heteroatoms. The number of thiophene rings is 2. The zero-order valence-corrected chi connectivity index (χ0v) is 12.7. The predicted octanol–water partition coefficient (Wildman–Crippen LogP) is 4.00. The van der Waals surface area contributed by atoms with Crippen LogP contribution in [0.2, 0.25) is 0 Å². The normalized spacial score (nSPS) is 10.5. The fraction of sp³-hybridized carbons (Fsp3) is 0.0667. The third kappa shape index (κ3) is 2.55. The minimum Gasteiger partial charge on any atom is -0.465 e. The molecule has 0 unspecified atom stereocenters. The highest BCUT2D eigenvalue weighted by molar-refractivity contribution is 7.23. The Labute approximate surface area is 129 Å². The summed E-state index contributed by atoms with van der Waals surface area (Å²) in [6.45, 7) is 0. The third-order valence-corrected chi connectivity index (χ3v) is 4.91. The zero-order chi connectivity index (χ0) is 14.8. The number of hydrogen-bond donors (Lipinski definition) is 1. The Morgan fingerprint density at radius 1 is 1.14 bits per heavy atom. The molecular weight excluding hydrogens is 306 g/mol. The van der Waals surface area contributed by atoms with Crippen molar-refractivity contribution in [1.29, 1.82) is 0 Å². The summed E-state index contributed by atoms with van der Waals surface area (Å²) in [7, 11) is 1.33. The van der Waals surface area contributed by atoms with E-state index in [1.165, 1.54) is 29.8 Å². The number of esters is 1. The summed E-state index contributed by atoms with van der Waals surface area (Å²) in [6.07, 6.45) is 0. The van der Waals surface area contributed by atoms with Crippen molar-refractivity contribution in [2.24, 2.45) is 0 Å². The van der Waals surface area contributed by atoms with Crippen molar-refractivity contribution in [3.63, 3.8) is 0 Å². The van der Waals surface area contributed by atoms with E-state index in [-0.39, 0.29) is 5.91 Å². The van der Waals surface area contributed by atoms with E-state index in [1.807, 2.05) is 35.7 Å². The molecule has 2 heterocycles. The largest absolute Gasteiger partial charge is 0.465 e. The predicted molar refractivity (Wildman–Crippen MR) is 85.4 cm³/mol. The van der Waals surface area contributed by atoms with Crippen LogP contribution in [0.4, 0.5) is 5.00 Å². The van der Waals surface area contributed by atoms with Gasteiger partial charge in [-0.3, -0.25) is 4.79 Å². The Balaban J connectivity index is 2.05. The van der Waals surface area contributed by atoms with Crippen LogP contribution in [0, 0.1) is 0 Å². The van der Waals surface area contributed by atoms with Gasteiger partial charge >= 0.3 is 5.97 Å². The molecule has 3 aromatic rings. The minimum absolute atomic E-state index is 0.221. The van der Waals surface area contributed by atoms with Gasteiger partial charge in [-0.05, 0) is 17.5 Å². The fourth-order valence-electron chi connectivity index (χ4n) is 2.01. The highest BCUT2D eigenvalue weighted by Crippen LogP contribution is 2.36. The standard InChI is InChI=1S/C15H11NO3S2/c1-19-15(18)12-9-5-2-3-6-10(9)21-14(12)16-13(17)11-7-4-8-20-11/h2-8H,1H3,(H,16,17). The van der Waals surface area contributed by atoms with Crippen LogP contribution < -0.4 is 5.32 Å². The second kappa shape index (κ2) is 5.67. The topological polar surface area (TPSA) is 55.4 Å². The van der Waals surface area contributed by atoms with Crippen LogP contribution in [0.5, 0.6) is 0 Å². The lowest BCUT2D eigenvalue weighted by Crippen LogP contribution is -2.12. The molecule has 2 aromatic heterocycles. The van der Waals surface area contributed by atoms with Gasteiger partial charge in [0.2, 0.25) is 0 Å². The fourth-order valence-corrected chi connectivity index (χ4v) is 3.72. The first-order valence-electron chi connectivity index (χ1n) is 6.15. The van der Waals surface area contributed by atoms with Gasteiger partial charge in [0.25, 0.3) is 5.91 Å². The molecule has 3 rings (SSSR count). The SMILES string of the molecule is COC(=O)c1c(NC(=O)c2cccs2)sc2ccccc12. The van der Waals surface area contributed by atoms with Gasteiger partial charge in [0, 0.05) is 10.1 Å². The van der Waals surface area contributed by atoms with E-state index < -0.39 is 5.97 Å². The lowest BCUT2D eigenvalue weighted by Gasteiger charge is -2.04. The van der Waals surface area contributed by atoms with Crippen LogP contribution in [-0.4, -0.2) is 19.0 Å². The Hall–Kier alpha value is -2.18. The quantitative estimate of drug-likeness (QED) is 0.743. The van der Waals surface area contributed by atoms with Crippen LogP contribution >= 0.6 is 22.7 Å². The number of carbonyl (C=O) groups excluding carboxylic acids is 2. The molecule has 4 nitrogen and oxygen atoms in total. The van der Waals surface area contributed by atoms with Gasteiger partial charge in [0.15, 0.2) is 0 Å². The van der Waals surface area contributed by atoms with E-state index in [1.54, 1.807) is 6.07 Å². The molecular formula is C15H11NO3S2. The summed E-state index contributed by atoms with van der Waals surface area (Å²) < 4.78 is 5.76. The van der Waals surface area contributed by atoms with Crippen molar-refractivity contribution in [2.45, 2.75) is 0 Å². The van der Waals surface area contributed by atoms with Gasteiger partial charge in [-0.15, -0.1) is 22.7 Å². The summed E-state index contributed by atoms with van der Waals surface area (Å²) in [5.74, 6) is -0.671. The highest BCUT2D eigenvalue weighted by Gasteiger charge is 2.21. The van der Waals surface area contributed by atoms with Crippen molar-refractivity contribution in [1.82, 2.24) is 0 Å². The maximum atomic E-state index is 12.2. The number of rotatable bonds is 3. The zero-order valence-electron chi connectivity index (χ0n) is 11.1. The number of methoxy groups -OCH3 is 1. The molecule has 21 heavy (non-hydrogen) atoms. The van der Waals surface area contributed by atoms with E-state index in [2.05, 4.69) is 5.32 Å². The van der Waals surface area contributed by atoms with Gasteiger partial charge in [0.05, 0.1) is 12.0 Å². The third-order valence-electron chi connectivity index (χ3n) is 2.96. The molecule has 1 aromatic carbocycles. The van der Waals surface area contributed by atoms with Crippen molar-refractivity contribution in [3.8, 4) is 0 Å². The molecule has 1 N–H and O–H groups in total. The number of anilines is 1. The molecule has 0 bridgehead atoms. The molecule has 0 saturated heterocycles. The van der Waals surface area contributed by atoms with Gasteiger partial charge in [-0.25, -0.2) is 4.79 Å². The Bertz CT molecular complexity index is 806. The average molecular weight is 317 g/mol. The van der Waals surface area contributed by atoms with Crippen molar-refractivity contribution >= 4 is 49.6 Å². The van der Waals surface area contributed by atoms with E-state index in [4.69, 9.17) is 4.74 Å². The molecule has 0 radical (unpaired) electrons. The molecule has 0 aliphatic carbocycles. The van der Waals surface area contributed by atoms with Crippen molar-refractivity contribution in [2.75, 3.05) is 12.4 Å². The number of ether oxygens (including phenoxy) is 1. The second-order valence-electron chi connectivity index (χ2n) is 4.23. The number of benzene rings is 1. The lowest BCUT2D eigenvalue weighted by molar-refractivity contribution is 0.0604. The summed E-state index contributed by atoms with van der Waals surface area (Å²) >= 11 is 2.72. The molecule has 0 atom stereocenters. The van der Waals surface area contributed by atoms with E-state index in [0.717, 1.165) is 10.1 Å². The Kier molecular flexibility index (Phi) is 3.72. The Morgan fingerprint density at radius 3 is 2.67 bits per heavy atom. The van der Waals surface area contributed by atoms with Crippen LogP contribution in [0.3, 0.4) is 0 Å². The molecule has 1 amide bonds. The van der Waals surface area contributed by atoms with Gasteiger partial charge in [0.1, 0.15) is 10.6 Å². The number of hydrogen-bond acceptors (Lipinski definition) is 5. The molecule has 0 fully saturated rings. The summed E-state index contributed by atoms with van der Waals surface area (Å²) in [6, 6.07) is 11.1. The molecule has 0 saturated carbocycles. The van der Waals surface area contributed by atoms with E-state index in [9.17, 15) is 9.59 Å². The van der Waals surface area contributed by atoms with Gasteiger partial charge in [-0.1, -0.05) is 24.3 Å². The maximum absolute atomic E-state index is 12.2. The van der Waals surface area contributed by atoms with Crippen LogP contribution in [0.25, 0.3) is 10.1 Å². The molecule has 0 aliphatic rings. The first kappa shape index (κ1) is 13.8. The minimum atomic E-state index is -0.450. The van der Waals surface area contributed by atoms with Crippen LogP contribution in [0.1, 0.15) is 20.0 Å². The smallest absolute Gasteiger partial charge is 0.341 e. The monoisotopic (exact) mass is 317 g/mol. The highest BCUT2D eigenvalue weighted by atomic mass is 32.1. The Morgan fingerprint density at radius 2 is 1.95 bits per heavy atom. The number of amides is 1. The molecule has 0 aliphatic heterocycles. The van der Waals surface area contributed by atoms with Crippen molar-refractivity contribution < 1.29 is 14.3 Å². The second-order valence-corrected chi connectivity index (χ2v) is 6.23. The van der Waals surface area contributed by atoms with Crippen LogP contribution in [0.15, 0.2) is 41.8 Å².